The van der Waals surface area contributed by atoms with Crippen molar-refractivity contribution in [1.82, 2.24) is 50.9 Å². The number of fused-ring (bicyclic) bond motifs is 5. The lowest BCUT2D eigenvalue weighted by Gasteiger charge is -2.38. The number of halogens is 3. The zero-order valence-electron chi connectivity index (χ0n) is 40.4. The van der Waals surface area contributed by atoms with E-state index < -0.39 is 82.9 Å². The van der Waals surface area contributed by atoms with Crippen LogP contribution in [-0.2, 0) is 66.0 Å². The first kappa shape index (κ1) is 50.2. The number of hydrogen-bond acceptors (Lipinski definition) is 8. The number of aromatic amines is 1. The third-order valence-electron chi connectivity index (χ3n) is 15.7. The largest absolute Gasteiger partial charge is 0.416 e. The lowest BCUT2D eigenvalue weighted by molar-refractivity contribution is -0.150. The van der Waals surface area contributed by atoms with Crippen molar-refractivity contribution in [2.75, 3.05) is 13.1 Å². The molecular weight excluding hydrogens is 934 g/mol. The first-order chi connectivity index (χ1) is 34.6. The first-order valence-electron chi connectivity index (χ1n) is 25.4. The van der Waals surface area contributed by atoms with E-state index in [1.165, 1.54) is 17.0 Å². The summed E-state index contributed by atoms with van der Waals surface area (Å²) in [5.74, 6) is -3.99. The number of nitrogens with zero attached hydrogens (tertiary/aromatic N) is 4. The molecule has 1 spiro atoms. The van der Waals surface area contributed by atoms with Crippen molar-refractivity contribution < 1.29 is 46.7 Å². The minimum Gasteiger partial charge on any atom is -0.361 e. The van der Waals surface area contributed by atoms with E-state index in [2.05, 4.69) is 36.6 Å². The molecule has 17 nitrogen and oxygen atoms in total. The van der Waals surface area contributed by atoms with Gasteiger partial charge in [0.1, 0.15) is 35.7 Å². The van der Waals surface area contributed by atoms with Crippen LogP contribution in [0.2, 0.25) is 0 Å². The van der Waals surface area contributed by atoms with E-state index in [-0.39, 0.29) is 69.5 Å². The van der Waals surface area contributed by atoms with Crippen LogP contribution in [-0.4, -0.2) is 121 Å². The monoisotopic (exact) mass is 996 g/mol. The number of aryl methyl sites for hydroxylation is 2. The highest BCUT2D eigenvalue weighted by Crippen LogP contribution is 2.41. The van der Waals surface area contributed by atoms with Crippen LogP contribution in [0.5, 0.6) is 0 Å². The Morgan fingerprint density at radius 3 is 2.29 bits per heavy atom. The van der Waals surface area contributed by atoms with Gasteiger partial charge in [-0.2, -0.15) is 13.2 Å². The minimum atomic E-state index is -4.61. The van der Waals surface area contributed by atoms with Gasteiger partial charge in [0.05, 0.1) is 11.9 Å². The summed E-state index contributed by atoms with van der Waals surface area (Å²) in [6.07, 6.45) is 6.31. The smallest absolute Gasteiger partial charge is 0.361 e. The number of amides is 7. The van der Waals surface area contributed by atoms with Crippen molar-refractivity contribution in [1.29, 1.82) is 0 Å². The Morgan fingerprint density at radius 1 is 0.806 bits per heavy atom. The zero-order chi connectivity index (χ0) is 50.7. The molecule has 2 aromatic heterocycles. The van der Waals surface area contributed by atoms with Crippen LogP contribution in [0.4, 0.5) is 13.2 Å². The van der Waals surface area contributed by atoms with Gasteiger partial charge in [-0.3, -0.25) is 33.6 Å². The van der Waals surface area contributed by atoms with Crippen LogP contribution < -0.4 is 26.6 Å². The Labute approximate surface area is 415 Å². The van der Waals surface area contributed by atoms with Crippen molar-refractivity contribution >= 4 is 52.3 Å². The molecule has 2 aromatic carbocycles. The summed E-state index contributed by atoms with van der Waals surface area (Å²) in [6.45, 7) is 0.179. The van der Waals surface area contributed by atoms with Crippen LogP contribution in [0.15, 0.2) is 67.3 Å². The van der Waals surface area contributed by atoms with E-state index in [1.54, 1.807) is 23.6 Å². The van der Waals surface area contributed by atoms with Gasteiger partial charge in [0.15, 0.2) is 0 Å². The summed E-state index contributed by atoms with van der Waals surface area (Å²) < 4.78 is 42.7. The van der Waals surface area contributed by atoms with Gasteiger partial charge in [-0.05, 0) is 93.0 Å². The molecule has 7 unspecified atom stereocenters. The van der Waals surface area contributed by atoms with E-state index in [1.807, 2.05) is 35.9 Å². The van der Waals surface area contributed by atoms with Crippen LogP contribution in [0.25, 0.3) is 10.9 Å². The molecule has 6 N–H and O–H groups in total. The van der Waals surface area contributed by atoms with Gasteiger partial charge in [-0.25, -0.2) is 4.98 Å². The summed E-state index contributed by atoms with van der Waals surface area (Å²) >= 11 is 0. The lowest BCUT2D eigenvalue weighted by atomic mass is 9.84. The lowest BCUT2D eigenvalue weighted by Crippen LogP contribution is -2.65. The summed E-state index contributed by atoms with van der Waals surface area (Å²) in [7, 11) is 1.83. The standard InChI is InChI=1S/C52H63F3N10O7/c1-63-30-56-29-35(63)18-19-44(66)57-23-20-38-48(70)64-24-8-13-42(64)49(71)65-41-12-5-2-9-32(41)27-43(65)47(69)60-39(25-31-14-16-34(17-15-31)52(53,54)55)46(68)62-51(21-6-7-22-51)50(72)61-40(45(67)59-38)26-33-28-58-37-11-4-3-10-36(33)37/h3-4,10-11,14-17,28-30,32,38-43,58H,2,5-9,12-13,18-27H2,1H3,(H,57,66)(H,59,67)(H,60,69)(H,61,72)(H,62,68). The predicted molar refractivity (Wildman–Crippen MR) is 257 cm³/mol. The summed E-state index contributed by atoms with van der Waals surface area (Å²) in [5.41, 5.74) is 0.206. The molecule has 5 heterocycles. The average Bonchev–Trinajstić information content (AvgIpc) is 4.23. The third kappa shape index (κ3) is 10.7. The molecule has 3 saturated heterocycles. The number of para-hydroxylation sites is 1. The summed E-state index contributed by atoms with van der Waals surface area (Å²) in [6, 6.07) is 5.47. The normalized spacial score (nSPS) is 26.3. The fraction of sp³-hybridized carbons (Fsp3) is 0.538. The van der Waals surface area contributed by atoms with Gasteiger partial charge in [-0.15, -0.1) is 0 Å². The maximum Gasteiger partial charge on any atom is 0.416 e. The topological polar surface area (TPSA) is 220 Å². The molecule has 0 bridgehead atoms. The number of aromatic nitrogens is 3. The van der Waals surface area contributed by atoms with E-state index in [0.717, 1.165) is 48.0 Å². The fourth-order valence-corrected chi connectivity index (χ4v) is 11.8. The van der Waals surface area contributed by atoms with Gasteiger partial charge in [0.2, 0.25) is 41.4 Å². The van der Waals surface area contributed by atoms with Gasteiger partial charge in [0.25, 0.3) is 0 Å². The molecule has 9 rings (SSSR count). The van der Waals surface area contributed by atoms with Gasteiger partial charge < -0.3 is 45.9 Å². The van der Waals surface area contributed by atoms with E-state index in [0.29, 0.717) is 56.1 Å². The third-order valence-corrected chi connectivity index (χ3v) is 15.7. The van der Waals surface area contributed by atoms with Crippen LogP contribution in [0, 0.1) is 5.92 Å². The van der Waals surface area contributed by atoms with E-state index in [9.17, 15) is 37.1 Å². The Hall–Kier alpha value is -6.73. The predicted octanol–water partition coefficient (Wildman–Crippen LogP) is 3.89. The second kappa shape index (κ2) is 21.2. The van der Waals surface area contributed by atoms with Crippen molar-refractivity contribution in [3.63, 3.8) is 0 Å². The number of nitrogens with one attached hydrogen (secondary N) is 6. The molecule has 3 aliphatic heterocycles. The highest BCUT2D eigenvalue weighted by Gasteiger charge is 2.52. The minimum absolute atomic E-state index is 0.00621. The van der Waals surface area contributed by atoms with Crippen molar-refractivity contribution in [3.8, 4) is 0 Å². The SMILES string of the molecule is Cn1cncc1CCC(=O)NCCC1NC(=O)C(Cc2c[nH]c3ccccc23)NC(=O)C2(CCCC2)NC(=O)C(Cc2ccc(C(F)(F)F)cc2)NC(=O)C2CC3CCCCC3N2C(=O)C2CCCN2C1=O. The summed E-state index contributed by atoms with van der Waals surface area (Å²) in [5, 5.41) is 15.4. The molecule has 384 valence electrons. The van der Waals surface area contributed by atoms with Crippen LogP contribution >= 0.6 is 0 Å². The maximum absolute atomic E-state index is 15.2. The number of hydrogen-bond donors (Lipinski definition) is 6. The molecule has 5 fully saturated rings. The molecule has 2 saturated carbocycles. The number of rotatable bonds is 10. The molecular formula is C52H63F3N10O7. The number of imidazole rings is 1. The zero-order valence-corrected chi connectivity index (χ0v) is 40.4. The Kier molecular flexibility index (Phi) is 14.8. The van der Waals surface area contributed by atoms with Crippen LogP contribution in [0.1, 0.15) is 106 Å². The van der Waals surface area contributed by atoms with Crippen molar-refractivity contribution in [2.24, 2.45) is 13.0 Å². The second-order valence-corrected chi connectivity index (χ2v) is 20.3. The second-order valence-electron chi connectivity index (χ2n) is 20.3. The number of benzene rings is 2. The van der Waals surface area contributed by atoms with Gasteiger partial charge in [0, 0.05) is 74.4 Å². The number of H-pyrrole nitrogens is 1. The van der Waals surface area contributed by atoms with E-state index in [4.69, 9.17) is 0 Å². The highest BCUT2D eigenvalue weighted by molar-refractivity contribution is 6.00. The molecule has 2 aliphatic carbocycles. The quantitative estimate of drug-likeness (QED) is 0.137. The summed E-state index contributed by atoms with van der Waals surface area (Å²) in [4.78, 5) is 113. The van der Waals surface area contributed by atoms with Crippen LogP contribution in [0.3, 0.4) is 0 Å². The molecule has 0 radical (unpaired) electrons. The molecule has 72 heavy (non-hydrogen) atoms. The first-order valence-corrected chi connectivity index (χ1v) is 25.4. The Balaban J connectivity index is 1.07. The fourth-order valence-electron chi connectivity index (χ4n) is 11.8. The molecule has 7 amide bonds. The van der Waals surface area contributed by atoms with E-state index >= 15 is 9.59 Å². The number of carbonyl (C=O) groups excluding carboxylic acids is 7. The molecule has 5 aliphatic rings. The maximum atomic E-state index is 15.2. The molecule has 20 heteroatoms. The molecule has 7 atom stereocenters. The molecule has 4 aromatic rings. The Bertz CT molecular complexity index is 2680. The highest BCUT2D eigenvalue weighted by atomic mass is 19.4. The Morgan fingerprint density at radius 2 is 1.54 bits per heavy atom. The van der Waals surface area contributed by atoms with Gasteiger partial charge >= 0.3 is 6.18 Å². The number of alkyl halides is 3. The van der Waals surface area contributed by atoms with Crippen molar-refractivity contribution in [3.05, 3.63) is 89.6 Å². The van der Waals surface area contributed by atoms with Crippen molar-refractivity contribution in [2.45, 2.75) is 151 Å². The number of carbonyl (C=O) groups is 7. The average molecular weight is 997 g/mol. The van der Waals surface area contributed by atoms with Gasteiger partial charge in [-0.1, -0.05) is 56.0 Å².